The van der Waals surface area contributed by atoms with E-state index in [0.717, 1.165) is 13.2 Å². The van der Waals surface area contributed by atoms with E-state index in [0.29, 0.717) is 12.0 Å². The summed E-state index contributed by atoms with van der Waals surface area (Å²) in [6, 6.07) is 0.618. The van der Waals surface area contributed by atoms with Gasteiger partial charge in [0.15, 0.2) is 0 Å². The number of hydrogen-bond donors (Lipinski definition) is 1. The summed E-state index contributed by atoms with van der Waals surface area (Å²) < 4.78 is 5.13. The van der Waals surface area contributed by atoms with Crippen LogP contribution in [-0.2, 0) is 4.74 Å². The molecule has 3 heteroatoms. The van der Waals surface area contributed by atoms with E-state index in [1.165, 1.54) is 38.9 Å². The number of rotatable bonds is 8. The highest BCUT2D eigenvalue weighted by Gasteiger charge is 2.14. The van der Waals surface area contributed by atoms with E-state index in [2.05, 4.69) is 24.1 Å². The summed E-state index contributed by atoms with van der Waals surface area (Å²) in [5.41, 5.74) is 0. The summed E-state index contributed by atoms with van der Waals surface area (Å²) in [6.45, 7) is 10.3. The molecule has 1 heterocycles. The molecule has 0 spiro atoms. The number of nitrogens with zero attached hydrogens (tertiary/aromatic N) is 1. The average molecular weight is 228 g/mol. The molecule has 2 atom stereocenters. The Balaban J connectivity index is 1.98. The van der Waals surface area contributed by atoms with Crippen LogP contribution in [-0.4, -0.2) is 50.8 Å². The molecule has 1 saturated heterocycles. The van der Waals surface area contributed by atoms with Crippen LogP contribution in [0.25, 0.3) is 0 Å². The minimum atomic E-state index is 0.618. The normalized spacial score (nSPS) is 21.2. The second-order valence-electron chi connectivity index (χ2n) is 5.21. The van der Waals surface area contributed by atoms with Crippen molar-refractivity contribution in [3.63, 3.8) is 0 Å². The van der Waals surface area contributed by atoms with Crippen LogP contribution in [0.4, 0.5) is 0 Å². The smallest absolute Gasteiger partial charge is 0.0488 e. The molecule has 1 rings (SSSR count). The summed E-state index contributed by atoms with van der Waals surface area (Å²) in [4.78, 5) is 2.57. The Hall–Kier alpha value is -0.120. The molecular formula is C13H28N2O. The quantitative estimate of drug-likeness (QED) is 0.685. The predicted molar refractivity (Wildman–Crippen MR) is 68.8 cm³/mol. The summed E-state index contributed by atoms with van der Waals surface area (Å²) in [5.74, 6) is 0.663. The minimum Gasteiger partial charge on any atom is -0.384 e. The van der Waals surface area contributed by atoms with Crippen molar-refractivity contribution in [3.8, 4) is 0 Å². The lowest BCUT2D eigenvalue weighted by molar-refractivity contribution is 0.154. The van der Waals surface area contributed by atoms with Crippen LogP contribution in [0.5, 0.6) is 0 Å². The zero-order chi connectivity index (χ0) is 11.8. The Morgan fingerprint density at radius 1 is 1.25 bits per heavy atom. The minimum absolute atomic E-state index is 0.618. The van der Waals surface area contributed by atoms with E-state index in [1.807, 2.05) is 0 Å². The first-order valence-electron chi connectivity index (χ1n) is 6.67. The second-order valence-corrected chi connectivity index (χ2v) is 5.21. The fraction of sp³-hybridized carbons (Fsp3) is 1.00. The topological polar surface area (TPSA) is 24.5 Å². The predicted octanol–water partition coefficient (Wildman–Crippen LogP) is 1.73. The highest BCUT2D eigenvalue weighted by molar-refractivity contribution is 4.72. The molecule has 1 N–H and O–H groups in total. The van der Waals surface area contributed by atoms with Crippen molar-refractivity contribution in [1.29, 1.82) is 0 Å². The Labute approximate surface area is 101 Å². The van der Waals surface area contributed by atoms with Crippen LogP contribution in [0, 0.1) is 5.92 Å². The Bertz CT molecular complexity index is 169. The van der Waals surface area contributed by atoms with Crippen LogP contribution < -0.4 is 5.32 Å². The third kappa shape index (κ3) is 5.83. The van der Waals surface area contributed by atoms with Gasteiger partial charge in [0.1, 0.15) is 0 Å². The molecule has 0 bridgehead atoms. The first kappa shape index (κ1) is 13.9. The Kier molecular flexibility index (Phi) is 7.01. The van der Waals surface area contributed by atoms with Gasteiger partial charge in [-0.05, 0) is 51.7 Å². The molecule has 1 fully saturated rings. The SMILES string of the molecule is COCC(C)CCNC(C)CN1CCCC1. The van der Waals surface area contributed by atoms with Crippen molar-refractivity contribution < 1.29 is 4.74 Å². The third-order valence-electron chi connectivity index (χ3n) is 3.31. The van der Waals surface area contributed by atoms with Crippen LogP contribution in [0.3, 0.4) is 0 Å². The molecule has 0 aliphatic carbocycles. The molecule has 2 unspecified atom stereocenters. The molecule has 0 saturated carbocycles. The average Bonchev–Trinajstić information content (AvgIpc) is 2.70. The van der Waals surface area contributed by atoms with E-state index >= 15 is 0 Å². The van der Waals surface area contributed by atoms with Crippen molar-refractivity contribution >= 4 is 0 Å². The molecule has 1 aliphatic rings. The number of likely N-dealkylation sites (tertiary alicyclic amines) is 1. The number of hydrogen-bond acceptors (Lipinski definition) is 3. The first-order valence-corrected chi connectivity index (χ1v) is 6.67. The lowest BCUT2D eigenvalue weighted by atomic mass is 10.1. The van der Waals surface area contributed by atoms with E-state index in [1.54, 1.807) is 7.11 Å². The monoisotopic (exact) mass is 228 g/mol. The maximum absolute atomic E-state index is 5.13. The zero-order valence-corrected chi connectivity index (χ0v) is 11.2. The van der Waals surface area contributed by atoms with Crippen LogP contribution in [0.1, 0.15) is 33.1 Å². The number of methoxy groups -OCH3 is 1. The summed E-state index contributed by atoms with van der Waals surface area (Å²) in [7, 11) is 1.78. The van der Waals surface area contributed by atoms with Gasteiger partial charge in [0, 0.05) is 26.3 Å². The maximum Gasteiger partial charge on any atom is 0.0488 e. The zero-order valence-electron chi connectivity index (χ0n) is 11.2. The van der Waals surface area contributed by atoms with E-state index in [9.17, 15) is 0 Å². The van der Waals surface area contributed by atoms with Gasteiger partial charge < -0.3 is 15.0 Å². The van der Waals surface area contributed by atoms with Crippen molar-refractivity contribution in [2.24, 2.45) is 5.92 Å². The Morgan fingerprint density at radius 3 is 2.56 bits per heavy atom. The highest BCUT2D eigenvalue weighted by Crippen LogP contribution is 2.07. The van der Waals surface area contributed by atoms with Crippen molar-refractivity contribution in [2.75, 3.05) is 39.9 Å². The standard InChI is InChI=1S/C13H28N2O/c1-12(11-16-3)6-7-14-13(2)10-15-8-4-5-9-15/h12-14H,4-11H2,1-3H3. The van der Waals surface area contributed by atoms with Crippen molar-refractivity contribution in [2.45, 2.75) is 39.2 Å². The van der Waals surface area contributed by atoms with Gasteiger partial charge in [-0.1, -0.05) is 6.92 Å². The van der Waals surface area contributed by atoms with Crippen LogP contribution in [0.2, 0.25) is 0 Å². The molecule has 16 heavy (non-hydrogen) atoms. The summed E-state index contributed by atoms with van der Waals surface area (Å²) in [5, 5.41) is 3.60. The summed E-state index contributed by atoms with van der Waals surface area (Å²) in [6.07, 6.45) is 3.98. The molecule has 3 nitrogen and oxygen atoms in total. The van der Waals surface area contributed by atoms with Gasteiger partial charge in [-0.2, -0.15) is 0 Å². The third-order valence-corrected chi connectivity index (χ3v) is 3.31. The largest absolute Gasteiger partial charge is 0.384 e. The van der Waals surface area contributed by atoms with Gasteiger partial charge >= 0.3 is 0 Å². The molecule has 0 aromatic rings. The van der Waals surface area contributed by atoms with Crippen LogP contribution >= 0.6 is 0 Å². The molecule has 96 valence electrons. The number of ether oxygens (including phenoxy) is 1. The second kappa shape index (κ2) is 8.04. The molecule has 0 aromatic heterocycles. The molecular weight excluding hydrogens is 200 g/mol. The Morgan fingerprint density at radius 2 is 1.94 bits per heavy atom. The number of nitrogens with one attached hydrogen (secondary N) is 1. The van der Waals surface area contributed by atoms with Gasteiger partial charge in [-0.25, -0.2) is 0 Å². The first-order chi connectivity index (χ1) is 7.72. The van der Waals surface area contributed by atoms with Crippen LogP contribution in [0.15, 0.2) is 0 Å². The molecule has 0 radical (unpaired) electrons. The van der Waals surface area contributed by atoms with Gasteiger partial charge in [0.25, 0.3) is 0 Å². The van der Waals surface area contributed by atoms with E-state index in [-0.39, 0.29) is 0 Å². The molecule has 0 aromatic carbocycles. The molecule has 0 amide bonds. The van der Waals surface area contributed by atoms with Gasteiger partial charge in [0.05, 0.1) is 0 Å². The lowest BCUT2D eigenvalue weighted by Gasteiger charge is -2.21. The van der Waals surface area contributed by atoms with Gasteiger partial charge in [-0.3, -0.25) is 0 Å². The fourth-order valence-electron chi connectivity index (χ4n) is 2.36. The van der Waals surface area contributed by atoms with Crippen molar-refractivity contribution in [3.05, 3.63) is 0 Å². The maximum atomic E-state index is 5.13. The van der Waals surface area contributed by atoms with Gasteiger partial charge in [0.2, 0.25) is 0 Å². The van der Waals surface area contributed by atoms with E-state index in [4.69, 9.17) is 4.74 Å². The van der Waals surface area contributed by atoms with Gasteiger partial charge in [-0.15, -0.1) is 0 Å². The fourth-order valence-corrected chi connectivity index (χ4v) is 2.36. The lowest BCUT2D eigenvalue weighted by Crippen LogP contribution is -2.38. The highest BCUT2D eigenvalue weighted by atomic mass is 16.5. The van der Waals surface area contributed by atoms with Crippen molar-refractivity contribution in [1.82, 2.24) is 10.2 Å². The van der Waals surface area contributed by atoms with E-state index < -0.39 is 0 Å². The summed E-state index contributed by atoms with van der Waals surface area (Å²) >= 11 is 0. The molecule has 1 aliphatic heterocycles.